The lowest BCUT2D eigenvalue weighted by molar-refractivity contribution is 0.0679. The minimum atomic E-state index is -3.67. The Morgan fingerprint density at radius 1 is 1.24 bits per heavy atom. The maximum absolute atomic E-state index is 12.2. The molecule has 1 unspecified atom stereocenters. The van der Waals surface area contributed by atoms with E-state index in [1.165, 1.54) is 13.2 Å². The fraction of sp³-hybridized carbons (Fsp3) is 0.286. The molecule has 114 valence electrons. The van der Waals surface area contributed by atoms with Crippen LogP contribution in [0, 0.1) is 0 Å². The Hall–Kier alpha value is -1.18. The number of aliphatic hydroxyl groups is 1. The molecule has 2 rings (SSSR count). The first kappa shape index (κ1) is 16.2. The Kier molecular flexibility index (Phi) is 5.18. The molecular weight excluding hydrogens is 314 g/mol. The monoisotopic (exact) mass is 329 g/mol. The molecular formula is C14H16ClNO4S. The second-order valence-electron chi connectivity index (χ2n) is 4.61. The maximum atomic E-state index is 12.2. The Balaban J connectivity index is 2.22. The van der Waals surface area contributed by atoms with Crippen molar-refractivity contribution in [2.24, 2.45) is 0 Å². The number of halogens is 1. The van der Waals surface area contributed by atoms with Gasteiger partial charge in [-0.25, -0.2) is 13.1 Å². The number of ether oxygens (including phenoxy) is 1. The van der Waals surface area contributed by atoms with Crippen molar-refractivity contribution in [3.05, 3.63) is 41.4 Å². The molecule has 0 amide bonds. The van der Waals surface area contributed by atoms with E-state index in [-0.39, 0.29) is 18.0 Å². The molecule has 0 bridgehead atoms. The van der Waals surface area contributed by atoms with Crippen LogP contribution in [0.5, 0.6) is 0 Å². The quantitative estimate of drug-likeness (QED) is 0.847. The zero-order valence-electron chi connectivity index (χ0n) is 11.4. The van der Waals surface area contributed by atoms with E-state index in [2.05, 4.69) is 4.72 Å². The average molecular weight is 330 g/mol. The number of nitrogens with one attached hydrogen (secondary N) is 1. The second kappa shape index (κ2) is 6.72. The van der Waals surface area contributed by atoms with Gasteiger partial charge >= 0.3 is 0 Å². The van der Waals surface area contributed by atoms with Crippen molar-refractivity contribution < 1.29 is 18.3 Å². The van der Waals surface area contributed by atoms with Crippen LogP contribution in [0.1, 0.15) is 0 Å². The van der Waals surface area contributed by atoms with E-state index in [1.807, 2.05) is 0 Å². The van der Waals surface area contributed by atoms with E-state index >= 15 is 0 Å². The Labute approximate surface area is 128 Å². The molecule has 0 aliphatic rings. The number of benzene rings is 2. The molecule has 2 aromatic rings. The predicted molar refractivity (Wildman–Crippen MR) is 82.0 cm³/mol. The van der Waals surface area contributed by atoms with Crippen LogP contribution in [-0.2, 0) is 14.8 Å². The molecule has 0 spiro atoms. The number of rotatable bonds is 6. The molecule has 0 aromatic heterocycles. The van der Waals surface area contributed by atoms with Gasteiger partial charge in [-0.15, -0.1) is 0 Å². The first-order valence-electron chi connectivity index (χ1n) is 6.28. The smallest absolute Gasteiger partial charge is 0.240 e. The summed E-state index contributed by atoms with van der Waals surface area (Å²) in [5.74, 6) is 0. The standard InChI is InChI=1S/C14H16ClNO4S/c1-20-9-13(17)8-16-21(18,19)14-5-3-10-6-12(15)4-2-11(10)7-14/h2-7,13,16-17H,8-9H2,1H3. The van der Waals surface area contributed by atoms with Crippen molar-refractivity contribution in [3.8, 4) is 0 Å². The van der Waals surface area contributed by atoms with Crippen LogP contribution in [0.25, 0.3) is 10.8 Å². The predicted octanol–water partition coefficient (Wildman–Crippen LogP) is 1.78. The Morgan fingerprint density at radius 2 is 1.90 bits per heavy atom. The van der Waals surface area contributed by atoms with Gasteiger partial charge in [0, 0.05) is 18.7 Å². The molecule has 0 radical (unpaired) electrons. The van der Waals surface area contributed by atoms with Crippen LogP contribution in [0.15, 0.2) is 41.3 Å². The highest BCUT2D eigenvalue weighted by molar-refractivity contribution is 7.89. The van der Waals surface area contributed by atoms with Gasteiger partial charge in [0.1, 0.15) is 0 Å². The fourth-order valence-electron chi connectivity index (χ4n) is 1.90. The molecule has 0 saturated heterocycles. The minimum absolute atomic E-state index is 0.0682. The van der Waals surface area contributed by atoms with Crippen LogP contribution in [0.2, 0.25) is 5.02 Å². The topological polar surface area (TPSA) is 75.6 Å². The second-order valence-corrected chi connectivity index (χ2v) is 6.82. The van der Waals surface area contributed by atoms with Crippen molar-refractivity contribution in [2.45, 2.75) is 11.0 Å². The number of fused-ring (bicyclic) bond motifs is 1. The van der Waals surface area contributed by atoms with E-state index < -0.39 is 16.1 Å². The van der Waals surface area contributed by atoms with Crippen molar-refractivity contribution >= 4 is 32.4 Å². The number of sulfonamides is 1. The van der Waals surface area contributed by atoms with Gasteiger partial charge < -0.3 is 9.84 Å². The highest BCUT2D eigenvalue weighted by Gasteiger charge is 2.16. The number of methoxy groups -OCH3 is 1. The fourth-order valence-corrected chi connectivity index (χ4v) is 3.19. The molecule has 1 atom stereocenters. The summed E-state index contributed by atoms with van der Waals surface area (Å²) in [7, 11) is -2.24. The van der Waals surface area contributed by atoms with Gasteiger partial charge in [0.15, 0.2) is 0 Å². The summed E-state index contributed by atoms with van der Waals surface area (Å²) in [6, 6.07) is 10.00. The lowest BCUT2D eigenvalue weighted by atomic mass is 10.1. The summed E-state index contributed by atoms with van der Waals surface area (Å²) in [6.07, 6.45) is -0.885. The molecule has 0 fully saturated rings. The molecule has 21 heavy (non-hydrogen) atoms. The van der Waals surface area contributed by atoms with Gasteiger partial charge in [-0.05, 0) is 35.0 Å². The highest BCUT2D eigenvalue weighted by atomic mass is 35.5. The third-order valence-corrected chi connectivity index (χ3v) is 4.61. The van der Waals surface area contributed by atoms with E-state index in [0.717, 1.165) is 10.8 Å². The zero-order valence-corrected chi connectivity index (χ0v) is 13.0. The van der Waals surface area contributed by atoms with Gasteiger partial charge in [0.25, 0.3) is 0 Å². The van der Waals surface area contributed by atoms with Crippen molar-refractivity contribution in [1.29, 1.82) is 0 Å². The van der Waals surface area contributed by atoms with Crippen LogP contribution in [0.3, 0.4) is 0 Å². The Morgan fingerprint density at radius 3 is 2.62 bits per heavy atom. The third-order valence-electron chi connectivity index (χ3n) is 2.95. The summed E-state index contributed by atoms with van der Waals surface area (Å²) in [5.41, 5.74) is 0. The molecule has 0 heterocycles. The van der Waals surface area contributed by atoms with Crippen LogP contribution in [-0.4, -0.2) is 39.9 Å². The molecule has 7 heteroatoms. The van der Waals surface area contributed by atoms with E-state index in [0.29, 0.717) is 5.02 Å². The van der Waals surface area contributed by atoms with Crippen LogP contribution in [0.4, 0.5) is 0 Å². The largest absolute Gasteiger partial charge is 0.389 e. The summed E-state index contributed by atoms with van der Waals surface area (Å²) in [6.45, 7) is -0.0342. The zero-order chi connectivity index (χ0) is 15.5. The van der Waals surface area contributed by atoms with Crippen molar-refractivity contribution in [3.63, 3.8) is 0 Å². The van der Waals surface area contributed by atoms with Crippen LogP contribution < -0.4 is 4.72 Å². The summed E-state index contributed by atoms with van der Waals surface area (Å²) >= 11 is 5.89. The van der Waals surface area contributed by atoms with Crippen molar-refractivity contribution in [2.75, 3.05) is 20.3 Å². The summed E-state index contributed by atoms with van der Waals surface area (Å²) in [5, 5.41) is 11.7. The van der Waals surface area contributed by atoms with E-state index in [4.69, 9.17) is 16.3 Å². The number of hydrogen-bond donors (Lipinski definition) is 2. The first-order chi connectivity index (χ1) is 9.92. The molecule has 0 aliphatic carbocycles. The minimum Gasteiger partial charge on any atom is -0.389 e. The molecule has 0 aliphatic heterocycles. The normalized spacial score (nSPS) is 13.5. The number of hydrogen-bond acceptors (Lipinski definition) is 4. The first-order valence-corrected chi connectivity index (χ1v) is 8.14. The summed E-state index contributed by atoms with van der Waals surface area (Å²) in [4.78, 5) is 0.141. The lowest BCUT2D eigenvalue weighted by Gasteiger charge is -2.11. The third kappa shape index (κ3) is 4.15. The SMILES string of the molecule is COCC(O)CNS(=O)(=O)c1ccc2cc(Cl)ccc2c1. The highest BCUT2D eigenvalue weighted by Crippen LogP contribution is 2.22. The van der Waals surface area contributed by atoms with E-state index in [1.54, 1.807) is 30.3 Å². The molecule has 2 aromatic carbocycles. The van der Waals surface area contributed by atoms with Gasteiger partial charge in [-0.1, -0.05) is 23.7 Å². The van der Waals surface area contributed by atoms with Gasteiger partial charge in [-0.3, -0.25) is 0 Å². The molecule has 2 N–H and O–H groups in total. The maximum Gasteiger partial charge on any atom is 0.240 e. The summed E-state index contributed by atoms with van der Waals surface area (Å²) < 4.78 is 31.4. The number of aliphatic hydroxyl groups excluding tert-OH is 1. The van der Waals surface area contributed by atoms with Gasteiger partial charge in [-0.2, -0.15) is 0 Å². The average Bonchev–Trinajstić information content (AvgIpc) is 2.45. The molecule has 0 saturated carbocycles. The van der Waals surface area contributed by atoms with Gasteiger partial charge in [0.05, 0.1) is 17.6 Å². The van der Waals surface area contributed by atoms with Crippen molar-refractivity contribution in [1.82, 2.24) is 4.72 Å². The lowest BCUT2D eigenvalue weighted by Crippen LogP contribution is -2.34. The van der Waals surface area contributed by atoms with E-state index in [9.17, 15) is 13.5 Å². The molecule has 5 nitrogen and oxygen atoms in total. The van der Waals surface area contributed by atoms with Crippen LogP contribution >= 0.6 is 11.6 Å². The van der Waals surface area contributed by atoms with Gasteiger partial charge in [0.2, 0.25) is 10.0 Å². The Bertz CT molecular complexity index is 733.